The summed E-state index contributed by atoms with van der Waals surface area (Å²) in [5.41, 5.74) is 1.47. The van der Waals surface area contributed by atoms with Crippen molar-refractivity contribution in [2.24, 2.45) is 0 Å². The standard InChI is InChI=1S/C13H22N2S/c1-3-4-13-9-15(11(2)7-14-13)8-12-5-6-16-10-12/h5-6,10-11,13-14H,3-4,7-9H2,1-2H3. The molecular weight excluding hydrogens is 216 g/mol. The van der Waals surface area contributed by atoms with E-state index in [0.29, 0.717) is 12.1 Å². The first-order valence-corrected chi connectivity index (χ1v) is 7.22. The number of nitrogens with one attached hydrogen (secondary N) is 1. The first kappa shape index (κ1) is 12.1. The molecule has 0 saturated carbocycles. The lowest BCUT2D eigenvalue weighted by molar-refractivity contribution is 0.129. The second-order valence-corrected chi connectivity index (χ2v) is 5.58. The molecule has 1 saturated heterocycles. The smallest absolute Gasteiger partial charge is 0.0246 e. The van der Waals surface area contributed by atoms with E-state index in [4.69, 9.17) is 0 Å². The number of piperazine rings is 1. The Labute approximate surface area is 103 Å². The number of hydrogen-bond acceptors (Lipinski definition) is 3. The molecule has 2 rings (SSSR count). The van der Waals surface area contributed by atoms with Crippen molar-refractivity contribution < 1.29 is 0 Å². The van der Waals surface area contributed by atoms with E-state index in [-0.39, 0.29) is 0 Å². The molecule has 0 radical (unpaired) electrons. The summed E-state index contributed by atoms with van der Waals surface area (Å²) in [6, 6.07) is 3.60. The first-order valence-electron chi connectivity index (χ1n) is 6.28. The molecule has 2 nitrogen and oxygen atoms in total. The van der Waals surface area contributed by atoms with Crippen LogP contribution >= 0.6 is 11.3 Å². The zero-order valence-corrected chi connectivity index (χ0v) is 11.1. The molecule has 2 heterocycles. The van der Waals surface area contributed by atoms with Crippen molar-refractivity contribution in [3.63, 3.8) is 0 Å². The molecule has 0 spiro atoms. The normalized spacial score (nSPS) is 27.1. The molecule has 3 heteroatoms. The van der Waals surface area contributed by atoms with E-state index in [1.54, 1.807) is 11.3 Å². The molecule has 1 aromatic rings. The molecule has 0 bridgehead atoms. The van der Waals surface area contributed by atoms with Crippen LogP contribution in [0.5, 0.6) is 0 Å². The summed E-state index contributed by atoms with van der Waals surface area (Å²) in [5, 5.41) is 8.08. The predicted molar refractivity (Wildman–Crippen MR) is 70.9 cm³/mol. The fraction of sp³-hybridized carbons (Fsp3) is 0.692. The van der Waals surface area contributed by atoms with Gasteiger partial charge in [0.25, 0.3) is 0 Å². The molecule has 1 fully saturated rings. The van der Waals surface area contributed by atoms with Crippen LogP contribution in [0.15, 0.2) is 16.8 Å². The lowest BCUT2D eigenvalue weighted by Crippen LogP contribution is -2.54. The zero-order valence-electron chi connectivity index (χ0n) is 10.3. The van der Waals surface area contributed by atoms with Crippen LogP contribution in [0.3, 0.4) is 0 Å². The van der Waals surface area contributed by atoms with E-state index >= 15 is 0 Å². The summed E-state index contributed by atoms with van der Waals surface area (Å²) in [5.74, 6) is 0. The Balaban J connectivity index is 1.91. The van der Waals surface area contributed by atoms with Gasteiger partial charge in [-0.25, -0.2) is 0 Å². The van der Waals surface area contributed by atoms with Gasteiger partial charge in [-0.2, -0.15) is 11.3 Å². The second-order valence-electron chi connectivity index (χ2n) is 4.80. The van der Waals surface area contributed by atoms with Crippen molar-refractivity contribution in [2.75, 3.05) is 13.1 Å². The summed E-state index contributed by atoms with van der Waals surface area (Å²) in [6.07, 6.45) is 2.57. The monoisotopic (exact) mass is 238 g/mol. The molecule has 1 N–H and O–H groups in total. The van der Waals surface area contributed by atoms with Gasteiger partial charge in [0.2, 0.25) is 0 Å². The van der Waals surface area contributed by atoms with Gasteiger partial charge in [-0.3, -0.25) is 4.90 Å². The summed E-state index contributed by atoms with van der Waals surface area (Å²) < 4.78 is 0. The molecule has 0 aliphatic carbocycles. The van der Waals surface area contributed by atoms with Crippen LogP contribution in [-0.4, -0.2) is 30.1 Å². The van der Waals surface area contributed by atoms with Crippen molar-refractivity contribution in [3.8, 4) is 0 Å². The van der Waals surface area contributed by atoms with Gasteiger partial charge in [0.05, 0.1) is 0 Å². The molecule has 1 aromatic heterocycles. The minimum atomic E-state index is 0.660. The minimum absolute atomic E-state index is 0.660. The fourth-order valence-electron chi connectivity index (χ4n) is 2.37. The highest BCUT2D eigenvalue weighted by Crippen LogP contribution is 2.16. The van der Waals surface area contributed by atoms with E-state index < -0.39 is 0 Å². The van der Waals surface area contributed by atoms with Crippen LogP contribution < -0.4 is 5.32 Å². The highest BCUT2D eigenvalue weighted by atomic mass is 32.1. The first-order chi connectivity index (χ1) is 7.79. The molecule has 1 aliphatic heterocycles. The predicted octanol–water partition coefficient (Wildman–Crippen LogP) is 2.71. The molecule has 2 atom stereocenters. The quantitative estimate of drug-likeness (QED) is 0.867. The Morgan fingerprint density at radius 1 is 1.56 bits per heavy atom. The molecule has 1 aliphatic rings. The van der Waals surface area contributed by atoms with E-state index in [1.165, 1.54) is 24.9 Å². The average molecular weight is 238 g/mol. The van der Waals surface area contributed by atoms with E-state index in [2.05, 4.69) is 40.9 Å². The van der Waals surface area contributed by atoms with Gasteiger partial charge in [-0.15, -0.1) is 0 Å². The number of thiophene rings is 1. The molecule has 0 aromatic carbocycles. The van der Waals surface area contributed by atoms with Crippen LogP contribution in [0, 0.1) is 0 Å². The number of rotatable bonds is 4. The fourth-order valence-corrected chi connectivity index (χ4v) is 3.03. The maximum Gasteiger partial charge on any atom is 0.0246 e. The van der Waals surface area contributed by atoms with E-state index in [1.807, 2.05) is 0 Å². The van der Waals surface area contributed by atoms with Crippen molar-refractivity contribution in [1.82, 2.24) is 10.2 Å². The van der Waals surface area contributed by atoms with Gasteiger partial charge >= 0.3 is 0 Å². The summed E-state index contributed by atoms with van der Waals surface area (Å²) in [6.45, 7) is 8.04. The third kappa shape index (κ3) is 3.06. The third-order valence-corrected chi connectivity index (χ3v) is 4.12. The SMILES string of the molecule is CCCC1CN(Cc2ccsc2)C(C)CN1. The van der Waals surface area contributed by atoms with Crippen molar-refractivity contribution in [3.05, 3.63) is 22.4 Å². The number of nitrogens with zero attached hydrogens (tertiary/aromatic N) is 1. The van der Waals surface area contributed by atoms with Crippen LogP contribution in [-0.2, 0) is 6.54 Å². The van der Waals surface area contributed by atoms with E-state index in [0.717, 1.165) is 13.1 Å². The van der Waals surface area contributed by atoms with Gasteiger partial charge in [-0.1, -0.05) is 13.3 Å². The van der Waals surface area contributed by atoms with E-state index in [9.17, 15) is 0 Å². The lowest BCUT2D eigenvalue weighted by atomic mass is 10.1. The molecule has 0 amide bonds. The molecule has 90 valence electrons. The van der Waals surface area contributed by atoms with Gasteiger partial charge in [0.1, 0.15) is 0 Å². The maximum atomic E-state index is 3.64. The Bertz CT molecular complexity index is 297. The highest BCUT2D eigenvalue weighted by molar-refractivity contribution is 7.07. The molecule has 16 heavy (non-hydrogen) atoms. The Morgan fingerprint density at radius 3 is 3.12 bits per heavy atom. The molecule has 2 unspecified atom stereocenters. The van der Waals surface area contributed by atoms with Crippen LogP contribution in [0.1, 0.15) is 32.3 Å². The zero-order chi connectivity index (χ0) is 11.4. The number of hydrogen-bond donors (Lipinski definition) is 1. The topological polar surface area (TPSA) is 15.3 Å². The largest absolute Gasteiger partial charge is 0.311 e. The van der Waals surface area contributed by atoms with Gasteiger partial charge < -0.3 is 5.32 Å². The minimum Gasteiger partial charge on any atom is -0.311 e. The summed E-state index contributed by atoms with van der Waals surface area (Å²) in [7, 11) is 0. The van der Waals surface area contributed by atoms with Crippen LogP contribution in [0.25, 0.3) is 0 Å². The van der Waals surface area contributed by atoms with Gasteiger partial charge in [0.15, 0.2) is 0 Å². The van der Waals surface area contributed by atoms with Crippen molar-refractivity contribution in [1.29, 1.82) is 0 Å². The average Bonchev–Trinajstić information content (AvgIpc) is 2.76. The Hall–Kier alpha value is -0.380. The lowest BCUT2D eigenvalue weighted by Gasteiger charge is -2.38. The maximum absolute atomic E-state index is 3.64. The van der Waals surface area contributed by atoms with Gasteiger partial charge in [-0.05, 0) is 35.7 Å². The van der Waals surface area contributed by atoms with Crippen molar-refractivity contribution >= 4 is 11.3 Å². The summed E-state index contributed by atoms with van der Waals surface area (Å²) >= 11 is 1.80. The summed E-state index contributed by atoms with van der Waals surface area (Å²) in [4.78, 5) is 2.61. The van der Waals surface area contributed by atoms with Crippen LogP contribution in [0.4, 0.5) is 0 Å². The second kappa shape index (κ2) is 5.80. The molecular formula is C13H22N2S. The van der Waals surface area contributed by atoms with Crippen LogP contribution in [0.2, 0.25) is 0 Å². The third-order valence-electron chi connectivity index (χ3n) is 3.38. The van der Waals surface area contributed by atoms with Crippen molar-refractivity contribution in [2.45, 2.75) is 45.3 Å². The highest BCUT2D eigenvalue weighted by Gasteiger charge is 2.24. The van der Waals surface area contributed by atoms with Gasteiger partial charge in [0, 0.05) is 31.7 Å². The Kier molecular flexibility index (Phi) is 4.38. The Morgan fingerprint density at radius 2 is 2.44 bits per heavy atom.